The molecule has 0 radical (unpaired) electrons. The van der Waals surface area contributed by atoms with E-state index in [1.165, 1.54) is 13.0 Å². The number of H-pyrrole nitrogens is 1. The summed E-state index contributed by atoms with van der Waals surface area (Å²) in [5.41, 5.74) is 7.34. The first-order valence-electron chi connectivity index (χ1n) is 5.82. The van der Waals surface area contributed by atoms with Crippen LogP contribution in [0.2, 0.25) is 0 Å². The molecule has 0 amide bonds. The lowest BCUT2D eigenvalue weighted by atomic mass is 10.2. The van der Waals surface area contributed by atoms with E-state index in [2.05, 4.69) is 14.9 Å². The Balaban J connectivity index is 2.46. The quantitative estimate of drug-likeness (QED) is 0.753. The number of halogens is 1. The Labute approximate surface area is 116 Å². The molecule has 4 N–H and O–H groups in total. The van der Waals surface area contributed by atoms with Crippen LogP contribution in [0.3, 0.4) is 0 Å². The molecule has 0 aliphatic heterocycles. The first-order valence-corrected chi connectivity index (χ1v) is 7.30. The van der Waals surface area contributed by atoms with Crippen LogP contribution in [0.4, 0.5) is 15.8 Å². The molecule has 0 aliphatic carbocycles. The predicted octanol–water partition coefficient (Wildman–Crippen LogP) is 1.86. The van der Waals surface area contributed by atoms with Crippen molar-refractivity contribution in [2.24, 2.45) is 0 Å². The van der Waals surface area contributed by atoms with Gasteiger partial charge >= 0.3 is 0 Å². The van der Waals surface area contributed by atoms with Gasteiger partial charge in [0.15, 0.2) is 0 Å². The molecule has 8 heteroatoms. The van der Waals surface area contributed by atoms with Gasteiger partial charge in [-0.15, -0.1) is 0 Å². The average Bonchev–Trinajstić information content (AvgIpc) is 2.66. The number of nitrogens with one attached hydrogen (secondary N) is 2. The second-order valence-corrected chi connectivity index (χ2v) is 6.22. The van der Waals surface area contributed by atoms with Crippen LogP contribution < -0.4 is 10.5 Å². The summed E-state index contributed by atoms with van der Waals surface area (Å²) in [4.78, 5) is -0.224. The maximum Gasteiger partial charge on any atom is 0.262 e. The number of anilines is 2. The molecule has 0 bridgehead atoms. The van der Waals surface area contributed by atoms with Crippen LogP contribution in [0.15, 0.2) is 17.0 Å². The number of aryl methyl sites for hydroxylation is 2. The van der Waals surface area contributed by atoms with Gasteiger partial charge in [0.05, 0.1) is 22.0 Å². The Morgan fingerprint density at radius 2 is 1.95 bits per heavy atom. The molecule has 2 aromatic rings. The smallest absolute Gasteiger partial charge is 0.262 e. The minimum absolute atomic E-state index is 0.0889. The highest BCUT2D eigenvalue weighted by atomic mass is 32.2. The summed E-state index contributed by atoms with van der Waals surface area (Å²) in [6, 6.07) is 2.17. The topological polar surface area (TPSA) is 101 Å². The lowest BCUT2D eigenvalue weighted by Crippen LogP contribution is -2.15. The van der Waals surface area contributed by atoms with Crippen LogP contribution >= 0.6 is 0 Å². The molecule has 0 spiro atoms. The molecule has 6 nitrogen and oxygen atoms in total. The van der Waals surface area contributed by atoms with Gasteiger partial charge in [0.2, 0.25) is 0 Å². The number of hydrogen-bond donors (Lipinski definition) is 3. The average molecular weight is 298 g/mol. The van der Waals surface area contributed by atoms with E-state index < -0.39 is 15.8 Å². The highest BCUT2D eigenvalue weighted by molar-refractivity contribution is 7.92. The number of hydrogen-bond acceptors (Lipinski definition) is 4. The van der Waals surface area contributed by atoms with Gasteiger partial charge in [0, 0.05) is 11.3 Å². The fourth-order valence-electron chi connectivity index (χ4n) is 1.72. The highest BCUT2D eigenvalue weighted by Gasteiger charge is 2.20. The van der Waals surface area contributed by atoms with Crippen molar-refractivity contribution in [2.75, 3.05) is 10.5 Å². The first kappa shape index (κ1) is 14.3. The van der Waals surface area contributed by atoms with Crippen molar-refractivity contribution in [2.45, 2.75) is 25.7 Å². The van der Waals surface area contributed by atoms with Gasteiger partial charge in [-0.25, -0.2) is 12.8 Å². The second kappa shape index (κ2) is 4.78. The Morgan fingerprint density at radius 1 is 1.30 bits per heavy atom. The highest BCUT2D eigenvalue weighted by Crippen LogP contribution is 2.25. The second-order valence-electron chi connectivity index (χ2n) is 4.53. The molecule has 108 valence electrons. The molecule has 1 aromatic carbocycles. The van der Waals surface area contributed by atoms with E-state index in [0.717, 1.165) is 6.07 Å². The Morgan fingerprint density at radius 3 is 2.45 bits per heavy atom. The number of aromatic nitrogens is 2. The lowest BCUT2D eigenvalue weighted by molar-refractivity contribution is 0.593. The van der Waals surface area contributed by atoms with E-state index in [4.69, 9.17) is 5.73 Å². The van der Waals surface area contributed by atoms with Gasteiger partial charge in [-0.2, -0.15) is 5.10 Å². The normalized spacial score (nSPS) is 11.6. The molecular weight excluding hydrogens is 283 g/mol. The van der Waals surface area contributed by atoms with Crippen molar-refractivity contribution in [3.05, 3.63) is 34.9 Å². The monoisotopic (exact) mass is 298 g/mol. The van der Waals surface area contributed by atoms with Crippen molar-refractivity contribution in [3.8, 4) is 0 Å². The molecule has 2 rings (SSSR count). The van der Waals surface area contributed by atoms with Gasteiger partial charge in [-0.1, -0.05) is 0 Å². The Kier molecular flexibility index (Phi) is 3.43. The third kappa shape index (κ3) is 2.46. The van der Waals surface area contributed by atoms with Crippen LogP contribution in [0.1, 0.15) is 17.0 Å². The molecule has 0 saturated carbocycles. The first-order chi connectivity index (χ1) is 9.22. The minimum atomic E-state index is -3.92. The molecule has 1 aromatic heterocycles. The van der Waals surface area contributed by atoms with Gasteiger partial charge in [0.25, 0.3) is 10.0 Å². The predicted molar refractivity (Wildman–Crippen MR) is 74.4 cm³/mol. The number of aromatic amines is 1. The Bertz CT molecular complexity index is 725. The summed E-state index contributed by atoms with van der Waals surface area (Å²) < 4.78 is 40.5. The third-order valence-corrected chi connectivity index (χ3v) is 4.36. The number of rotatable bonds is 3. The zero-order chi connectivity index (χ0) is 15.1. The zero-order valence-electron chi connectivity index (χ0n) is 11.3. The zero-order valence-corrected chi connectivity index (χ0v) is 12.1. The summed E-state index contributed by atoms with van der Waals surface area (Å²) in [5, 5.41) is 6.56. The largest absolute Gasteiger partial charge is 0.398 e. The van der Waals surface area contributed by atoms with E-state index >= 15 is 0 Å². The third-order valence-electron chi connectivity index (χ3n) is 3.03. The Hall–Kier alpha value is -2.09. The lowest BCUT2D eigenvalue weighted by Gasteiger charge is -2.10. The number of nitrogen functional groups attached to an aromatic ring is 1. The fraction of sp³-hybridized carbons (Fsp3) is 0.250. The number of sulfonamides is 1. The summed E-state index contributed by atoms with van der Waals surface area (Å²) in [6.45, 7) is 4.83. The molecular formula is C12H15FN4O2S. The molecule has 0 fully saturated rings. The van der Waals surface area contributed by atoms with Crippen LogP contribution in [-0.2, 0) is 10.0 Å². The summed E-state index contributed by atoms with van der Waals surface area (Å²) in [7, 11) is -3.92. The summed E-state index contributed by atoms with van der Waals surface area (Å²) in [5.74, 6) is -0.661. The number of nitrogens with two attached hydrogens (primary N) is 1. The van der Waals surface area contributed by atoms with Crippen LogP contribution in [-0.4, -0.2) is 18.6 Å². The van der Waals surface area contributed by atoms with Gasteiger partial charge < -0.3 is 5.73 Å². The number of nitrogens with zero attached hydrogens (tertiary/aromatic N) is 1. The van der Waals surface area contributed by atoms with Crippen LogP contribution in [0.25, 0.3) is 0 Å². The van der Waals surface area contributed by atoms with Crippen molar-refractivity contribution in [1.82, 2.24) is 10.2 Å². The van der Waals surface area contributed by atoms with E-state index in [9.17, 15) is 12.8 Å². The van der Waals surface area contributed by atoms with Crippen molar-refractivity contribution in [1.29, 1.82) is 0 Å². The maximum atomic E-state index is 13.6. The molecule has 0 saturated heterocycles. The van der Waals surface area contributed by atoms with Crippen LogP contribution in [0.5, 0.6) is 0 Å². The SMILES string of the molecule is Cc1n[nH]c(C)c1NS(=O)(=O)c1cc(N)c(C)c(F)c1. The summed E-state index contributed by atoms with van der Waals surface area (Å²) in [6.07, 6.45) is 0. The molecule has 1 heterocycles. The van der Waals surface area contributed by atoms with Crippen molar-refractivity contribution < 1.29 is 12.8 Å². The van der Waals surface area contributed by atoms with Crippen molar-refractivity contribution >= 4 is 21.4 Å². The van der Waals surface area contributed by atoms with Gasteiger partial charge in [0.1, 0.15) is 5.82 Å². The molecule has 0 atom stereocenters. The molecule has 0 aliphatic rings. The standard InChI is InChI=1S/C12H15FN4O2S/c1-6-10(13)4-9(5-11(6)14)20(18,19)17-12-7(2)15-16-8(12)3/h4-5,17H,14H2,1-3H3,(H,15,16). The van der Waals surface area contributed by atoms with E-state index in [1.54, 1.807) is 13.8 Å². The van der Waals surface area contributed by atoms with Crippen LogP contribution in [0, 0.1) is 26.6 Å². The summed E-state index contributed by atoms with van der Waals surface area (Å²) >= 11 is 0. The number of benzene rings is 1. The van der Waals surface area contributed by atoms with Gasteiger partial charge in [-0.3, -0.25) is 9.82 Å². The minimum Gasteiger partial charge on any atom is -0.398 e. The molecule has 20 heavy (non-hydrogen) atoms. The van der Waals surface area contributed by atoms with E-state index in [0.29, 0.717) is 17.1 Å². The fourth-order valence-corrected chi connectivity index (χ4v) is 2.95. The maximum absolute atomic E-state index is 13.6. The molecule has 0 unspecified atom stereocenters. The van der Waals surface area contributed by atoms with Gasteiger partial charge in [-0.05, 0) is 32.9 Å². The van der Waals surface area contributed by atoms with Crippen molar-refractivity contribution in [3.63, 3.8) is 0 Å². The van der Waals surface area contributed by atoms with E-state index in [-0.39, 0.29) is 16.1 Å². The van der Waals surface area contributed by atoms with E-state index in [1.807, 2.05) is 0 Å².